The first-order chi connectivity index (χ1) is 17.8. The molecule has 3 rings (SSSR count). The zero-order chi connectivity index (χ0) is 28.2. The highest BCUT2D eigenvalue weighted by molar-refractivity contribution is 8.14. The summed E-state index contributed by atoms with van der Waals surface area (Å²) in [6.45, 7) is 0.922. The number of anilines is 1. The van der Waals surface area contributed by atoms with Crippen molar-refractivity contribution in [2.75, 3.05) is 39.2 Å². The maximum Gasteiger partial charge on any atom is 0.337 e. The van der Waals surface area contributed by atoms with Crippen molar-refractivity contribution in [2.24, 2.45) is 0 Å². The summed E-state index contributed by atoms with van der Waals surface area (Å²) in [5.74, 6) is -2.18. The molecular weight excluding hydrogens is 537 g/mol. The minimum atomic E-state index is -4.19. The molecule has 0 spiro atoms. The number of carbonyl (C=O) groups excluding carboxylic acids is 4. The van der Waals surface area contributed by atoms with Gasteiger partial charge >= 0.3 is 5.97 Å². The number of amides is 2. The average molecular weight is 566 g/mol. The van der Waals surface area contributed by atoms with Crippen molar-refractivity contribution in [3.8, 4) is 0 Å². The summed E-state index contributed by atoms with van der Waals surface area (Å²) in [6, 6.07) is 9.24. The van der Waals surface area contributed by atoms with Crippen LogP contribution in [0.2, 0.25) is 0 Å². The fraction of sp³-hybridized carbons (Fsp3) is 0.360. The van der Waals surface area contributed by atoms with Crippen molar-refractivity contribution in [1.29, 1.82) is 0 Å². The van der Waals surface area contributed by atoms with Gasteiger partial charge in [-0.05, 0) is 55.0 Å². The predicted octanol–water partition coefficient (Wildman–Crippen LogP) is 2.15. The number of ether oxygens (including phenoxy) is 1. The Hall–Kier alpha value is -3.29. The summed E-state index contributed by atoms with van der Waals surface area (Å²) in [6.07, 6.45) is 0.0763. The molecule has 1 aliphatic rings. The topological polar surface area (TPSA) is 121 Å². The van der Waals surface area contributed by atoms with Gasteiger partial charge in [0.25, 0.3) is 0 Å². The third kappa shape index (κ3) is 6.58. The Labute approximate surface area is 224 Å². The largest absolute Gasteiger partial charge is 0.465 e. The summed E-state index contributed by atoms with van der Waals surface area (Å²) >= 11 is 0.949. The lowest BCUT2D eigenvalue weighted by molar-refractivity contribution is -0.136. The van der Waals surface area contributed by atoms with Crippen molar-refractivity contribution >= 4 is 50.4 Å². The fourth-order valence-corrected chi connectivity index (χ4v) is 6.76. The molecule has 0 bridgehead atoms. The van der Waals surface area contributed by atoms with Crippen LogP contribution in [0.4, 0.5) is 10.1 Å². The predicted molar refractivity (Wildman–Crippen MR) is 140 cm³/mol. The van der Waals surface area contributed by atoms with E-state index in [0.717, 1.165) is 45.2 Å². The zero-order valence-electron chi connectivity index (χ0n) is 21.3. The van der Waals surface area contributed by atoms with E-state index in [1.54, 1.807) is 12.1 Å². The lowest BCUT2D eigenvalue weighted by atomic mass is 10.2. The van der Waals surface area contributed by atoms with Crippen LogP contribution < -0.4 is 4.90 Å². The highest BCUT2D eigenvalue weighted by Gasteiger charge is 2.45. The highest BCUT2D eigenvalue weighted by atomic mass is 32.2. The van der Waals surface area contributed by atoms with Crippen molar-refractivity contribution in [3.05, 3.63) is 59.9 Å². The summed E-state index contributed by atoms with van der Waals surface area (Å²) in [4.78, 5) is 51.9. The van der Waals surface area contributed by atoms with E-state index in [-0.39, 0.29) is 29.5 Å². The van der Waals surface area contributed by atoms with Gasteiger partial charge in [-0.25, -0.2) is 17.6 Å². The normalized spacial score (nSPS) is 17.6. The van der Waals surface area contributed by atoms with Gasteiger partial charge in [0.1, 0.15) is 11.9 Å². The molecule has 38 heavy (non-hydrogen) atoms. The third-order valence-corrected chi connectivity index (χ3v) is 8.95. The molecule has 2 aromatic rings. The number of rotatable bonds is 8. The van der Waals surface area contributed by atoms with Crippen LogP contribution in [-0.4, -0.2) is 86.1 Å². The molecule has 2 amide bonds. The Morgan fingerprint density at radius 3 is 2.21 bits per heavy atom. The molecule has 0 aliphatic carbocycles. The zero-order valence-corrected chi connectivity index (χ0v) is 22.9. The smallest absolute Gasteiger partial charge is 0.337 e. The minimum absolute atomic E-state index is 0.0763. The maximum absolute atomic E-state index is 13.4. The van der Waals surface area contributed by atoms with Gasteiger partial charge in [0.15, 0.2) is 5.12 Å². The number of likely N-dealkylation sites (N-methyl/N-ethyl adjacent to an activating group) is 2. The monoisotopic (exact) mass is 565 g/mol. The minimum Gasteiger partial charge on any atom is -0.465 e. The molecule has 0 aromatic heterocycles. The molecule has 1 aliphatic heterocycles. The summed E-state index contributed by atoms with van der Waals surface area (Å²) < 4.78 is 45.8. The van der Waals surface area contributed by atoms with Gasteiger partial charge in [-0.15, -0.1) is 0 Å². The number of sulfonamides is 1. The molecule has 2 unspecified atom stereocenters. The second-order valence-corrected chi connectivity index (χ2v) is 12.1. The van der Waals surface area contributed by atoms with E-state index < -0.39 is 44.9 Å². The van der Waals surface area contributed by atoms with Crippen LogP contribution in [0.3, 0.4) is 0 Å². The van der Waals surface area contributed by atoms with E-state index >= 15 is 0 Å². The van der Waals surface area contributed by atoms with Gasteiger partial charge in [-0.2, -0.15) is 4.31 Å². The molecule has 0 N–H and O–H groups in total. The second kappa shape index (κ2) is 12.0. The van der Waals surface area contributed by atoms with E-state index in [0.29, 0.717) is 11.3 Å². The molecule has 0 saturated carbocycles. The van der Waals surface area contributed by atoms with Crippen LogP contribution in [0, 0.1) is 5.82 Å². The van der Waals surface area contributed by atoms with E-state index in [2.05, 4.69) is 4.74 Å². The molecule has 1 heterocycles. The van der Waals surface area contributed by atoms with Crippen LogP contribution in [0.15, 0.2) is 53.4 Å². The van der Waals surface area contributed by atoms with Crippen molar-refractivity contribution < 1.29 is 36.7 Å². The molecule has 1 saturated heterocycles. The van der Waals surface area contributed by atoms with E-state index in [1.807, 2.05) is 0 Å². The Morgan fingerprint density at radius 2 is 1.66 bits per heavy atom. The quantitative estimate of drug-likeness (QED) is 0.447. The number of carbonyl (C=O) groups is 4. The fourth-order valence-electron chi connectivity index (χ4n) is 4.04. The SMILES string of the molecule is COC(=O)c1ccc(N(C)C(=O)CN(C)C(=O)C2CC(SC(C)=O)CN2S(=O)(=O)c2ccc(F)cc2)cc1. The Morgan fingerprint density at radius 1 is 1.05 bits per heavy atom. The number of halogens is 1. The highest BCUT2D eigenvalue weighted by Crippen LogP contribution is 2.33. The maximum atomic E-state index is 13.4. The van der Waals surface area contributed by atoms with Gasteiger partial charge in [0.2, 0.25) is 21.8 Å². The number of hydrogen-bond acceptors (Lipinski definition) is 8. The molecule has 204 valence electrons. The number of esters is 1. The third-order valence-electron chi connectivity index (χ3n) is 6.05. The Bertz CT molecular complexity index is 1320. The molecule has 13 heteroatoms. The second-order valence-electron chi connectivity index (χ2n) is 8.70. The standard InChI is InChI=1S/C25H28FN3O7S2/c1-16(30)37-20-13-22(29(14-20)38(34,35)21-11-7-18(26)8-12-21)24(32)27(2)15-23(31)28(3)19-9-5-17(6-10-19)25(33)36-4/h5-12,20,22H,13-15H2,1-4H3. The van der Waals surface area contributed by atoms with Crippen molar-refractivity contribution in [2.45, 2.75) is 29.5 Å². The molecule has 2 aromatic carbocycles. The summed E-state index contributed by atoms with van der Waals surface area (Å²) in [5.41, 5.74) is 0.786. The van der Waals surface area contributed by atoms with E-state index in [4.69, 9.17) is 0 Å². The van der Waals surface area contributed by atoms with Gasteiger partial charge in [0, 0.05) is 38.5 Å². The van der Waals surface area contributed by atoms with Crippen LogP contribution in [0.1, 0.15) is 23.7 Å². The number of thioether (sulfide) groups is 1. The molecular formula is C25H28FN3O7S2. The van der Waals surface area contributed by atoms with Crippen LogP contribution in [-0.2, 0) is 29.1 Å². The summed E-state index contributed by atoms with van der Waals surface area (Å²) in [7, 11) is -0.0320. The lowest BCUT2D eigenvalue weighted by Crippen LogP contribution is -2.49. The average Bonchev–Trinajstić information content (AvgIpc) is 3.31. The summed E-state index contributed by atoms with van der Waals surface area (Å²) in [5, 5.41) is -0.678. The first kappa shape index (κ1) is 29.3. The van der Waals surface area contributed by atoms with Gasteiger partial charge in [-0.1, -0.05) is 11.8 Å². The van der Waals surface area contributed by atoms with Crippen LogP contribution >= 0.6 is 11.8 Å². The van der Waals surface area contributed by atoms with E-state index in [1.165, 1.54) is 45.2 Å². The van der Waals surface area contributed by atoms with E-state index in [9.17, 15) is 32.0 Å². The molecule has 10 nitrogen and oxygen atoms in total. The number of methoxy groups -OCH3 is 1. The van der Waals surface area contributed by atoms with Gasteiger partial charge in [0.05, 0.1) is 24.1 Å². The first-order valence-corrected chi connectivity index (χ1v) is 13.8. The van der Waals surface area contributed by atoms with Crippen molar-refractivity contribution in [3.63, 3.8) is 0 Å². The Kier molecular flexibility index (Phi) is 9.28. The number of benzene rings is 2. The molecule has 0 radical (unpaired) electrons. The lowest BCUT2D eigenvalue weighted by Gasteiger charge is -2.28. The number of nitrogens with zero attached hydrogens (tertiary/aromatic N) is 3. The number of hydrogen-bond donors (Lipinski definition) is 0. The van der Waals surface area contributed by atoms with Crippen LogP contribution in [0.5, 0.6) is 0 Å². The van der Waals surface area contributed by atoms with Crippen LogP contribution in [0.25, 0.3) is 0 Å². The van der Waals surface area contributed by atoms with Gasteiger partial charge in [-0.3, -0.25) is 14.4 Å². The molecule has 1 fully saturated rings. The Balaban J connectivity index is 1.78. The van der Waals surface area contributed by atoms with Crippen molar-refractivity contribution in [1.82, 2.24) is 9.21 Å². The molecule has 2 atom stereocenters. The van der Waals surface area contributed by atoms with Gasteiger partial charge < -0.3 is 14.5 Å². The first-order valence-electron chi connectivity index (χ1n) is 11.5.